The molecule has 0 unspecified atom stereocenters. The van der Waals surface area contributed by atoms with E-state index in [1.54, 1.807) is 6.07 Å². The van der Waals surface area contributed by atoms with Gasteiger partial charge in [-0.25, -0.2) is 23.1 Å². The molecule has 11 heteroatoms. The van der Waals surface area contributed by atoms with E-state index in [9.17, 15) is 13.2 Å². The molecule has 0 saturated carbocycles. The van der Waals surface area contributed by atoms with Crippen LogP contribution in [0.4, 0.5) is 5.13 Å². The third-order valence-electron chi connectivity index (χ3n) is 3.89. The molecule has 1 amide bonds. The van der Waals surface area contributed by atoms with E-state index in [0.717, 1.165) is 11.0 Å². The molecular formula is C17H15N5O3S3. The van der Waals surface area contributed by atoms with Crippen LogP contribution in [0.2, 0.25) is 0 Å². The third-order valence-corrected chi connectivity index (χ3v) is 7.11. The molecule has 3 N–H and O–H groups in total. The first-order chi connectivity index (χ1) is 13.4. The molecule has 28 heavy (non-hydrogen) atoms. The van der Waals surface area contributed by atoms with Crippen LogP contribution in [-0.4, -0.2) is 42.1 Å². The predicted molar refractivity (Wildman–Crippen MR) is 111 cm³/mol. The quantitative estimate of drug-likeness (QED) is 0.403. The van der Waals surface area contributed by atoms with E-state index in [1.165, 1.54) is 42.3 Å². The summed E-state index contributed by atoms with van der Waals surface area (Å²) >= 11 is 2.52. The molecule has 0 atom stereocenters. The van der Waals surface area contributed by atoms with Crippen LogP contribution in [0, 0.1) is 0 Å². The fraction of sp³-hybridized carbons (Fsp3) is 0.118. The van der Waals surface area contributed by atoms with E-state index in [2.05, 4.69) is 25.0 Å². The van der Waals surface area contributed by atoms with Crippen LogP contribution in [0.15, 0.2) is 52.5 Å². The Morgan fingerprint density at radius 3 is 2.79 bits per heavy atom. The number of imidazole rings is 1. The number of thiazole rings is 1. The second-order valence-corrected chi connectivity index (χ2v) is 9.63. The van der Waals surface area contributed by atoms with Crippen molar-refractivity contribution < 1.29 is 13.2 Å². The van der Waals surface area contributed by atoms with Gasteiger partial charge >= 0.3 is 0 Å². The summed E-state index contributed by atoms with van der Waals surface area (Å²) in [6.45, 7) is 0. The number of nitrogens with zero attached hydrogens (tertiary/aromatic N) is 2. The van der Waals surface area contributed by atoms with Crippen molar-refractivity contribution in [3.05, 3.63) is 42.5 Å². The van der Waals surface area contributed by atoms with Crippen LogP contribution in [0.3, 0.4) is 0 Å². The fourth-order valence-electron chi connectivity index (χ4n) is 2.53. The number of anilines is 1. The minimum absolute atomic E-state index is 0.157. The third kappa shape index (κ3) is 3.87. The van der Waals surface area contributed by atoms with Gasteiger partial charge in [0.2, 0.25) is 15.9 Å². The molecule has 0 bridgehead atoms. The lowest BCUT2D eigenvalue weighted by Crippen LogP contribution is -2.18. The number of rotatable bonds is 6. The Balaban J connectivity index is 1.44. The molecule has 0 aliphatic carbocycles. The first-order valence-electron chi connectivity index (χ1n) is 8.16. The van der Waals surface area contributed by atoms with Gasteiger partial charge in [0.15, 0.2) is 10.3 Å². The Bertz CT molecular complexity index is 1250. The van der Waals surface area contributed by atoms with Crippen LogP contribution >= 0.6 is 23.1 Å². The van der Waals surface area contributed by atoms with Gasteiger partial charge in [-0.1, -0.05) is 35.2 Å². The van der Waals surface area contributed by atoms with Crippen molar-refractivity contribution in [2.24, 2.45) is 0 Å². The summed E-state index contributed by atoms with van der Waals surface area (Å²) in [5.74, 6) is -0.0395. The maximum Gasteiger partial charge on any atom is 0.240 e. The number of nitrogens with one attached hydrogen (secondary N) is 3. The van der Waals surface area contributed by atoms with Gasteiger partial charge in [-0.2, -0.15) is 0 Å². The Kier molecular flexibility index (Phi) is 5.06. The van der Waals surface area contributed by atoms with Gasteiger partial charge in [-0.15, -0.1) is 0 Å². The predicted octanol–water partition coefficient (Wildman–Crippen LogP) is 2.81. The van der Waals surface area contributed by atoms with Crippen LogP contribution in [0.5, 0.6) is 0 Å². The highest BCUT2D eigenvalue weighted by molar-refractivity contribution is 7.99. The van der Waals surface area contributed by atoms with Crippen molar-refractivity contribution in [3.8, 4) is 0 Å². The van der Waals surface area contributed by atoms with Gasteiger partial charge in [0.05, 0.1) is 31.9 Å². The number of hydrogen-bond donors (Lipinski definition) is 3. The van der Waals surface area contributed by atoms with Crippen molar-refractivity contribution in [1.82, 2.24) is 19.7 Å². The fourth-order valence-corrected chi connectivity index (χ4v) is 4.97. The zero-order valence-electron chi connectivity index (χ0n) is 14.6. The Hall–Kier alpha value is -2.47. The highest BCUT2D eigenvalue weighted by Gasteiger charge is 2.15. The molecule has 4 rings (SSSR count). The van der Waals surface area contributed by atoms with Gasteiger partial charge in [0, 0.05) is 0 Å². The van der Waals surface area contributed by atoms with E-state index < -0.39 is 10.0 Å². The summed E-state index contributed by atoms with van der Waals surface area (Å²) < 4.78 is 26.8. The smallest absolute Gasteiger partial charge is 0.240 e. The molecule has 2 aromatic carbocycles. The number of aromatic nitrogens is 3. The van der Waals surface area contributed by atoms with E-state index in [-0.39, 0.29) is 16.6 Å². The first-order valence-corrected chi connectivity index (χ1v) is 11.4. The number of carbonyl (C=O) groups excluding carboxylic acids is 1. The Morgan fingerprint density at radius 2 is 2.00 bits per heavy atom. The number of thioether (sulfide) groups is 1. The van der Waals surface area contributed by atoms with E-state index in [4.69, 9.17) is 0 Å². The normalized spacial score (nSPS) is 11.9. The molecular weight excluding hydrogens is 418 g/mol. The monoisotopic (exact) mass is 433 g/mol. The molecule has 2 heterocycles. The summed E-state index contributed by atoms with van der Waals surface area (Å²) in [5, 5.41) is 3.84. The van der Waals surface area contributed by atoms with Crippen molar-refractivity contribution in [3.63, 3.8) is 0 Å². The average molecular weight is 434 g/mol. The highest BCUT2D eigenvalue weighted by Crippen LogP contribution is 2.28. The molecule has 144 valence electrons. The van der Waals surface area contributed by atoms with Crippen molar-refractivity contribution in [2.75, 3.05) is 18.1 Å². The maximum atomic E-state index is 12.2. The highest BCUT2D eigenvalue weighted by atomic mass is 32.2. The summed E-state index contributed by atoms with van der Waals surface area (Å²) in [4.78, 5) is 24.3. The van der Waals surface area contributed by atoms with E-state index >= 15 is 0 Å². The second-order valence-electron chi connectivity index (χ2n) is 5.75. The molecule has 0 fully saturated rings. The molecule has 0 spiro atoms. The van der Waals surface area contributed by atoms with Gasteiger partial charge in [-0.05, 0) is 37.4 Å². The van der Waals surface area contributed by atoms with Crippen LogP contribution in [-0.2, 0) is 14.8 Å². The lowest BCUT2D eigenvalue weighted by atomic mass is 10.3. The number of carbonyl (C=O) groups is 1. The van der Waals surface area contributed by atoms with Crippen LogP contribution in [0.1, 0.15) is 0 Å². The van der Waals surface area contributed by atoms with Crippen molar-refractivity contribution in [2.45, 2.75) is 10.1 Å². The number of sulfonamides is 1. The van der Waals surface area contributed by atoms with Gasteiger partial charge in [0.25, 0.3) is 0 Å². The SMILES string of the molecule is CNS(=O)(=O)c1ccc2nc(NC(=O)CSc3nc4ccccc4[nH]3)sc2c1. The lowest BCUT2D eigenvalue weighted by Gasteiger charge is -2.00. The zero-order valence-corrected chi connectivity index (χ0v) is 17.0. The number of para-hydroxylation sites is 2. The second kappa shape index (κ2) is 7.51. The maximum absolute atomic E-state index is 12.2. The largest absolute Gasteiger partial charge is 0.333 e. The molecule has 4 aromatic rings. The molecule has 0 radical (unpaired) electrons. The van der Waals surface area contributed by atoms with Crippen LogP contribution < -0.4 is 10.0 Å². The van der Waals surface area contributed by atoms with Crippen molar-refractivity contribution in [1.29, 1.82) is 0 Å². The van der Waals surface area contributed by atoms with E-state index in [1.807, 2.05) is 24.3 Å². The number of benzene rings is 2. The summed E-state index contributed by atoms with van der Waals surface area (Å²) in [6, 6.07) is 12.3. The standard InChI is InChI=1S/C17H15N5O3S3/c1-18-28(24,25)10-6-7-13-14(8-10)27-17(21-13)22-15(23)9-26-16-19-11-4-2-3-5-12(11)20-16/h2-8,18H,9H2,1H3,(H,19,20)(H,21,22,23). The summed E-state index contributed by atoms with van der Waals surface area (Å²) in [7, 11) is -2.17. The summed E-state index contributed by atoms with van der Waals surface area (Å²) in [6.07, 6.45) is 0. The lowest BCUT2D eigenvalue weighted by molar-refractivity contribution is -0.113. The Morgan fingerprint density at radius 1 is 1.18 bits per heavy atom. The van der Waals surface area contributed by atoms with Crippen LogP contribution in [0.25, 0.3) is 21.3 Å². The summed E-state index contributed by atoms with van der Waals surface area (Å²) in [5.41, 5.74) is 2.40. The minimum atomic E-state index is -3.53. The molecule has 0 aliphatic heterocycles. The number of hydrogen-bond acceptors (Lipinski definition) is 7. The average Bonchev–Trinajstić information content (AvgIpc) is 3.28. The topological polar surface area (TPSA) is 117 Å². The van der Waals surface area contributed by atoms with E-state index in [0.29, 0.717) is 20.5 Å². The Labute approximate surface area is 168 Å². The van der Waals surface area contributed by atoms with Gasteiger partial charge in [-0.3, -0.25) is 4.79 Å². The number of fused-ring (bicyclic) bond motifs is 2. The van der Waals surface area contributed by atoms with Gasteiger partial charge < -0.3 is 10.3 Å². The number of aromatic amines is 1. The number of H-pyrrole nitrogens is 1. The van der Waals surface area contributed by atoms with Gasteiger partial charge in [0.1, 0.15) is 0 Å². The zero-order chi connectivity index (χ0) is 19.7. The van der Waals surface area contributed by atoms with Crippen molar-refractivity contribution >= 4 is 65.4 Å². The number of amides is 1. The first kappa shape index (κ1) is 18.9. The molecule has 0 saturated heterocycles. The minimum Gasteiger partial charge on any atom is -0.333 e. The molecule has 0 aliphatic rings. The molecule has 2 aromatic heterocycles. The molecule has 8 nitrogen and oxygen atoms in total.